The summed E-state index contributed by atoms with van der Waals surface area (Å²) in [5.41, 5.74) is 3.47. The molecule has 1 atom stereocenters. The third-order valence-corrected chi connectivity index (χ3v) is 4.04. The molecule has 0 unspecified atom stereocenters. The average molecular weight is 322 g/mol. The maximum Gasteiger partial charge on any atom is 0.123 e. The highest BCUT2D eigenvalue weighted by Crippen LogP contribution is 2.20. The second-order valence-electron chi connectivity index (χ2n) is 4.69. The second kappa shape index (κ2) is 6.31. The normalized spacial score (nSPS) is 12.4. The van der Waals surface area contributed by atoms with E-state index in [1.165, 1.54) is 17.2 Å². The molecule has 100 valence electrons. The van der Waals surface area contributed by atoms with Crippen molar-refractivity contribution in [3.63, 3.8) is 0 Å². The quantitative estimate of drug-likeness (QED) is 0.857. The van der Waals surface area contributed by atoms with Gasteiger partial charge in [-0.15, -0.1) is 0 Å². The number of halogens is 2. The SMILES string of the molecule is Cc1ccccc1[C@@H](C)NCc1cc(F)ccc1Br. The highest BCUT2D eigenvalue weighted by atomic mass is 79.9. The Labute approximate surface area is 122 Å². The first kappa shape index (κ1) is 14.2. The molecule has 2 aromatic carbocycles. The average Bonchev–Trinajstić information content (AvgIpc) is 2.40. The van der Waals surface area contributed by atoms with Gasteiger partial charge in [0.05, 0.1) is 0 Å². The zero-order valence-electron chi connectivity index (χ0n) is 11.1. The Morgan fingerprint density at radius 2 is 1.95 bits per heavy atom. The van der Waals surface area contributed by atoms with Gasteiger partial charge in [-0.3, -0.25) is 0 Å². The van der Waals surface area contributed by atoms with Crippen molar-refractivity contribution in [1.82, 2.24) is 5.32 Å². The van der Waals surface area contributed by atoms with Crippen molar-refractivity contribution in [2.45, 2.75) is 26.4 Å². The van der Waals surface area contributed by atoms with Crippen LogP contribution in [0.4, 0.5) is 4.39 Å². The molecule has 19 heavy (non-hydrogen) atoms. The molecular weight excluding hydrogens is 305 g/mol. The summed E-state index contributed by atoms with van der Waals surface area (Å²) in [4.78, 5) is 0. The van der Waals surface area contributed by atoms with Gasteiger partial charge in [0.15, 0.2) is 0 Å². The largest absolute Gasteiger partial charge is 0.306 e. The molecule has 0 aliphatic carbocycles. The second-order valence-corrected chi connectivity index (χ2v) is 5.55. The Balaban J connectivity index is 2.06. The molecule has 0 aliphatic heterocycles. The summed E-state index contributed by atoms with van der Waals surface area (Å²) in [5, 5.41) is 3.43. The van der Waals surface area contributed by atoms with Gasteiger partial charge >= 0.3 is 0 Å². The van der Waals surface area contributed by atoms with Gasteiger partial charge in [-0.1, -0.05) is 40.2 Å². The van der Waals surface area contributed by atoms with Crippen molar-refractivity contribution in [1.29, 1.82) is 0 Å². The van der Waals surface area contributed by atoms with Crippen molar-refractivity contribution in [2.75, 3.05) is 0 Å². The Bertz CT molecular complexity index is 568. The Morgan fingerprint density at radius 3 is 2.68 bits per heavy atom. The fourth-order valence-electron chi connectivity index (χ4n) is 2.12. The topological polar surface area (TPSA) is 12.0 Å². The molecule has 0 bridgehead atoms. The van der Waals surface area contributed by atoms with Crippen molar-refractivity contribution < 1.29 is 4.39 Å². The Hall–Kier alpha value is -1.19. The van der Waals surface area contributed by atoms with Crippen LogP contribution in [0.2, 0.25) is 0 Å². The van der Waals surface area contributed by atoms with Crippen LogP contribution in [0.3, 0.4) is 0 Å². The number of aryl methyl sites for hydroxylation is 1. The number of rotatable bonds is 4. The third-order valence-electron chi connectivity index (χ3n) is 3.26. The van der Waals surface area contributed by atoms with E-state index < -0.39 is 0 Å². The lowest BCUT2D eigenvalue weighted by atomic mass is 10.0. The van der Waals surface area contributed by atoms with Crippen LogP contribution in [-0.4, -0.2) is 0 Å². The molecule has 3 heteroatoms. The Morgan fingerprint density at radius 1 is 1.21 bits per heavy atom. The van der Waals surface area contributed by atoms with Gasteiger partial charge in [-0.25, -0.2) is 4.39 Å². The number of benzene rings is 2. The molecule has 0 amide bonds. The van der Waals surface area contributed by atoms with Gasteiger partial charge in [-0.2, -0.15) is 0 Å². The smallest absolute Gasteiger partial charge is 0.123 e. The minimum atomic E-state index is -0.205. The highest BCUT2D eigenvalue weighted by molar-refractivity contribution is 9.10. The third kappa shape index (κ3) is 3.64. The van der Waals surface area contributed by atoms with E-state index in [2.05, 4.69) is 47.2 Å². The summed E-state index contributed by atoms with van der Waals surface area (Å²) < 4.78 is 14.1. The zero-order chi connectivity index (χ0) is 13.8. The van der Waals surface area contributed by atoms with Gasteiger partial charge in [0.25, 0.3) is 0 Å². The summed E-state index contributed by atoms with van der Waals surface area (Å²) in [6.45, 7) is 4.86. The van der Waals surface area contributed by atoms with Crippen LogP contribution in [0, 0.1) is 12.7 Å². The predicted octanol–water partition coefficient (Wildman–Crippen LogP) is 4.75. The molecule has 2 rings (SSSR count). The lowest BCUT2D eigenvalue weighted by Crippen LogP contribution is -2.19. The Kier molecular flexibility index (Phi) is 4.72. The molecule has 0 heterocycles. The van der Waals surface area contributed by atoms with Crippen LogP contribution >= 0.6 is 15.9 Å². The zero-order valence-corrected chi connectivity index (χ0v) is 12.7. The minimum Gasteiger partial charge on any atom is -0.306 e. The van der Waals surface area contributed by atoms with E-state index in [0.717, 1.165) is 10.0 Å². The summed E-state index contributed by atoms with van der Waals surface area (Å²) >= 11 is 3.44. The van der Waals surface area contributed by atoms with E-state index in [1.54, 1.807) is 12.1 Å². The van der Waals surface area contributed by atoms with Gasteiger partial charge in [-0.05, 0) is 48.7 Å². The predicted molar refractivity (Wildman–Crippen MR) is 80.5 cm³/mol. The van der Waals surface area contributed by atoms with E-state index in [-0.39, 0.29) is 11.9 Å². The van der Waals surface area contributed by atoms with Crippen molar-refractivity contribution in [3.8, 4) is 0 Å². The molecule has 0 radical (unpaired) electrons. The molecule has 0 saturated heterocycles. The van der Waals surface area contributed by atoms with Crippen molar-refractivity contribution >= 4 is 15.9 Å². The van der Waals surface area contributed by atoms with Crippen molar-refractivity contribution in [3.05, 3.63) is 69.4 Å². The van der Waals surface area contributed by atoms with Crippen LogP contribution in [0.5, 0.6) is 0 Å². The summed E-state index contributed by atoms with van der Waals surface area (Å²) in [6, 6.07) is 13.3. The summed E-state index contributed by atoms with van der Waals surface area (Å²) in [5.74, 6) is -0.205. The molecule has 0 aromatic heterocycles. The van der Waals surface area contributed by atoms with Gasteiger partial charge in [0.2, 0.25) is 0 Å². The molecule has 0 fully saturated rings. The molecule has 1 nitrogen and oxygen atoms in total. The number of hydrogen-bond donors (Lipinski definition) is 1. The van der Waals surface area contributed by atoms with E-state index in [4.69, 9.17) is 0 Å². The molecular formula is C16H17BrFN. The maximum absolute atomic E-state index is 13.2. The molecule has 2 aromatic rings. The lowest BCUT2D eigenvalue weighted by Gasteiger charge is -2.17. The fraction of sp³-hybridized carbons (Fsp3) is 0.250. The first-order chi connectivity index (χ1) is 9.08. The first-order valence-corrected chi connectivity index (χ1v) is 7.10. The maximum atomic E-state index is 13.2. The lowest BCUT2D eigenvalue weighted by molar-refractivity contribution is 0.566. The minimum absolute atomic E-state index is 0.205. The van der Waals surface area contributed by atoms with E-state index in [1.807, 2.05) is 12.1 Å². The molecule has 0 aliphatic rings. The molecule has 0 spiro atoms. The standard InChI is InChI=1S/C16H17BrFN/c1-11-5-3-4-6-15(11)12(2)19-10-13-9-14(18)7-8-16(13)17/h3-9,12,19H,10H2,1-2H3/t12-/m1/s1. The first-order valence-electron chi connectivity index (χ1n) is 6.31. The van der Waals surface area contributed by atoms with Crippen molar-refractivity contribution in [2.24, 2.45) is 0 Å². The van der Waals surface area contributed by atoms with Crippen LogP contribution < -0.4 is 5.32 Å². The van der Waals surface area contributed by atoms with Gasteiger partial charge < -0.3 is 5.32 Å². The molecule has 1 N–H and O–H groups in total. The number of hydrogen-bond acceptors (Lipinski definition) is 1. The van der Waals surface area contributed by atoms with Crippen LogP contribution in [0.15, 0.2) is 46.9 Å². The summed E-state index contributed by atoms with van der Waals surface area (Å²) in [6.07, 6.45) is 0. The van der Waals surface area contributed by atoms with Gasteiger partial charge in [0.1, 0.15) is 5.82 Å². The monoisotopic (exact) mass is 321 g/mol. The number of nitrogens with one attached hydrogen (secondary N) is 1. The molecule has 0 saturated carbocycles. The van der Waals surface area contributed by atoms with E-state index in [0.29, 0.717) is 6.54 Å². The van der Waals surface area contributed by atoms with E-state index in [9.17, 15) is 4.39 Å². The van der Waals surface area contributed by atoms with Crippen LogP contribution in [0.25, 0.3) is 0 Å². The van der Waals surface area contributed by atoms with Gasteiger partial charge in [0, 0.05) is 17.1 Å². The highest BCUT2D eigenvalue weighted by Gasteiger charge is 2.08. The van der Waals surface area contributed by atoms with E-state index >= 15 is 0 Å². The van der Waals surface area contributed by atoms with Crippen LogP contribution in [0.1, 0.15) is 29.7 Å². The van der Waals surface area contributed by atoms with Crippen LogP contribution in [-0.2, 0) is 6.54 Å². The summed E-state index contributed by atoms with van der Waals surface area (Å²) in [7, 11) is 0. The fourth-order valence-corrected chi connectivity index (χ4v) is 2.51.